The highest BCUT2D eigenvalue weighted by atomic mass is 35.5. The van der Waals surface area contributed by atoms with Gasteiger partial charge in [-0.25, -0.2) is 0 Å². The number of aromatic nitrogens is 2. The number of furan rings is 1. The molecule has 0 saturated carbocycles. The molecule has 7 heteroatoms. The molecular weight excluding hydrogens is 366 g/mol. The highest BCUT2D eigenvalue weighted by Gasteiger charge is 2.14. The zero-order valence-corrected chi connectivity index (χ0v) is 16.1. The number of nitrogens with one attached hydrogen (secondary N) is 1. The monoisotopic (exact) mass is 387 g/mol. The van der Waals surface area contributed by atoms with E-state index in [0.717, 1.165) is 17.9 Å². The molecule has 6 nitrogen and oxygen atoms in total. The first-order valence-corrected chi connectivity index (χ1v) is 9.27. The van der Waals surface area contributed by atoms with Crippen molar-refractivity contribution in [2.75, 3.05) is 0 Å². The number of nitrogens with zero attached hydrogens (tertiary/aromatic N) is 2. The highest BCUT2D eigenvalue weighted by Crippen LogP contribution is 2.17. The minimum absolute atomic E-state index is 0.230. The van der Waals surface area contributed by atoms with Crippen molar-refractivity contribution < 1.29 is 13.9 Å². The van der Waals surface area contributed by atoms with Crippen LogP contribution in [0.4, 0.5) is 0 Å². The summed E-state index contributed by atoms with van der Waals surface area (Å²) >= 11 is 6.10. The average molecular weight is 388 g/mol. The lowest BCUT2D eigenvalue weighted by Gasteiger charge is -2.07. The Labute approximate surface area is 163 Å². The van der Waals surface area contributed by atoms with Crippen molar-refractivity contribution in [2.45, 2.75) is 40.0 Å². The molecule has 0 bridgehead atoms. The molecule has 0 atom stereocenters. The van der Waals surface area contributed by atoms with Crippen LogP contribution >= 0.6 is 11.6 Å². The standard InChI is InChI=1S/C20H22ClN3O3/c1-3-14-5-7-15(8-6-14)26-13-16-9-10-19(27-16)20(25)22-12-18-17(21)11-23-24(18)4-2/h5-11H,3-4,12-13H2,1-2H3,(H,22,25). The molecule has 27 heavy (non-hydrogen) atoms. The topological polar surface area (TPSA) is 69.3 Å². The molecule has 3 aromatic rings. The summed E-state index contributed by atoms with van der Waals surface area (Å²) in [6.07, 6.45) is 2.56. The molecule has 0 spiro atoms. The Morgan fingerprint density at radius 3 is 2.70 bits per heavy atom. The van der Waals surface area contributed by atoms with Gasteiger partial charge in [-0.3, -0.25) is 9.48 Å². The molecule has 2 aromatic heterocycles. The summed E-state index contributed by atoms with van der Waals surface area (Å²) in [5.74, 6) is 1.26. The Balaban J connectivity index is 1.54. The van der Waals surface area contributed by atoms with Crippen LogP contribution in [-0.4, -0.2) is 15.7 Å². The lowest BCUT2D eigenvalue weighted by atomic mass is 10.2. The summed E-state index contributed by atoms with van der Waals surface area (Å²) in [6, 6.07) is 11.3. The maximum absolute atomic E-state index is 12.3. The van der Waals surface area contributed by atoms with Gasteiger partial charge in [0.2, 0.25) is 0 Å². The molecule has 1 amide bonds. The normalized spacial score (nSPS) is 10.8. The second kappa shape index (κ2) is 8.77. The van der Waals surface area contributed by atoms with Crippen LogP contribution in [0.5, 0.6) is 5.75 Å². The number of hydrogen-bond acceptors (Lipinski definition) is 4. The maximum atomic E-state index is 12.3. The van der Waals surface area contributed by atoms with Gasteiger partial charge in [-0.2, -0.15) is 5.10 Å². The summed E-state index contributed by atoms with van der Waals surface area (Å²) in [7, 11) is 0. The molecule has 0 fully saturated rings. The predicted octanol–water partition coefficient (Wildman–Crippen LogP) is 4.22. The number of aryl methyl sites for hydroxylation is 2. The number of carbonyl (C=O) groups is 1. The summed E-state index contributed by atoms with van der Waals surface area (Å²) in [6.45, 7) is 5.28. The summed E-state index contributed by atoms with van der Waals surface area (Å²) in [5, 5.41) is 7.47. The number of halogens is 1. The number of hydrogen-bond donors (Lipinski definition) is 1. The second-order valence-corrected chi connectivity index (χ2v) is 6.40. The van der Waals surface area contributed by atoms with Crippen LogP contribution in [-0.2, 0) is 26.1 Å². The van der Waals surface area contributed by atoms with Crippen LogP contribution < -0.4 is 10.1 Å². The number of benzene rings is 1. The number of amides is 1. The van der Waals surface area contributed by atoms with Crippen LogP contribution in [0.15, 0.2) is 47.0 Å². The van der Waals surface area contributed by atoms with Gasteiger partial charge in [0, 0.05) is 6.54 Å². The minimum atomic E-state index is -0.312. The lowest BCUT2D eigenvalue weighted by molar-refractivity contribution is 0.0918. The Bertz CT molecular complexity index is 900. The van der Waals surface area contributed by atoms with Gasteiger partial charge in [-0.05, 0) is 43.2 Å². The van der Waals surface area contributed by atoms with Crippen molar-refractivity contribution in [1.29, 1.82) is 0 Å². The largest absolute Gasteiger partial charge is 0.486 e. The van der Waals surface area contributed by atoms with Crippen LogP contribution in [0.2, 0.25) is 5.02 Å². The summed E-state index contributed by atoms with van der Waals surface area (Å²) in [4.78, 5) is 12.3. The maximum Gasteiger partial charge on any atom is 0.287 e. The van der Waals surface area contributed by atoms with Gasteiger partial charge in [0.15, 0.2) is 5.76 Å². The molecule has 0 aliphatic rings. The first-order valence-electron chi connectivity index (χ1n) is 8.89. The van der Waals surface area contributed by atoms with E-state index < -0.39 is 0 Å². The highest BCUT2D eigenvalue weighted by molar-refractivity contribution is 6.31. The van der Waals surface area contributed by atoms with Gasteiger partial charge in [0.05, 0.1) is 23.5 Å². The number of rotatable bonds is 8. The van der Waals surface area contributed by atoms with Crippen molar-refractivity contribution in [3.05, 3.63) is 70.4 Å². The predicted molar refractivity (Wildman–Crippen MR) is 103 cm³/mol. The molecule has 3 rings (SSSR count). The molecule has 0 unspecified atom stereocenters. The van der Waals surface area contributed by atoms with Gasteiger partial charge in [-0.1, -0.05) is 30.7 Å². The molecule has 0 saturated heterocycles. The fourth-order valence-corrected chi connectivity index (χ4v) is 2.85. The van der Waals surface area contributed by atoms with Crippen molar-refractivity contribution >= 4 is 17.5 Å². The van der Waals surface area contributed by atoms with E-state index in [1.54, 1.807) is 23.0 Å². The quantitative estimate of drug-likeness (QED) is 0.628. The first kappa shape index (κ1) is 19.0. The first-order chi connectivity index (χ1) is 13.1. The van der Waals surface area contributed by atoms with Crippen LogP contribution in [0.1, 0.15) is 41.4 Å². The van der Waals surface area contributed by atoms with Crippen LogP contribution in [0.3, 0.4) is 0 Å². The fraction of sp³-hybridized carbons (Fsp3) is 0.300. The minimum Gasteiger partial charge on any atom is -0.486 e. The summed E-state index contributed by atoms with van der Waals surface area (Å²) < 4.78 is 13.0. The van der Waals surface area contributed by atoms with Crippen molar-refractivity contribution in [3.63, 3.8) is 0 Å². The second-order valence-electron chi connectivity index (χ2n) is 5.99. The zero-order valence-electron chi connectivity index (χ0n) is 15.4. The number of ether oxygens (including phenoxy) is 1. The molecule has 0 radical (unpaired) electrons. The van der Waals surface area contributed by atoms with Gasteiger partial charge >= 0.3 is 0 Å². The van der Waals surface area contributed by atoms with Gasteiger partial charge in [-0.15, -0.1) is 0 Å². The lowest BCUT2D eigenvalue weighted by Crippen LogP contribution is -2.24. The molecular formula is C20H22ClN3O3. The van der Waals surface area contributed by atoms with E-state index in [1.165, 1.54) is 5.56 Å². The third kappa shape index (κ3) is 4.71. The Kier molecular flexibility index (Phi) is 6.19. The summed E-state index contributed by atoms with van der Waals surface area (Å²) in [5.41, 5.74) is 2.02. The smallest absolute Gasteiger partial charge is 0.287 e. The van der Waals surface area contributed by atoms with E-state index in [4.69, 9.17) is 20.8 Å². The van der Waals surface area contributed by atoms with Gasteiger partial charge < -0.3 is 14.5 Å². The van der Waals surface area contributed by atoms with E-state index in [0.29, 0.717) is 17.3 Å². The Morgan fingerprint density at radius 1 is 1.22 bits per heavy atom. The van der Waals surface area contributed by atoms with E-state index in [2.05, 4.69) is 17.3 Å². The molecule has 1 aromatic carbocycles. The SMILES string of the molecule is CCc1ccc(OCc2ccc(C(=O)NCc3c(Cl)cnn3CC)o2)cc1. The van der Waals surface area contributed by atoms with Crippen molar-refractivity contribution in [1.82, 2.24) is 15.1 Å². The van der Waals surface area contributed by atoms with Crippen molar-refractivity contribution in [2.24, 2.45) is 0 Å². The van der Waals surface area contributed by atoms with E-state index in [1.807, 2.05) is 31.2 Å². The zero-order chi connectivity index (χ0) is 19.2. The Morgan fingerprint density at radius 2 is 2.00 bits per heavy atom. The molecule has 2 heterocycles. The van der Waals surface area contributed by atoms with Gasteiger partial charge in [0.1, 0.15) is 18.1 Å². The van der Waals surface area contributed by atoms with E-state index in [-0.39, 0.29) is 24.8 Å². The van der Waals surface area contributed by atoms with Crippen molar-refractivity contribution in [3.8, 4) is 5.75 Å². The third-order valence-electron chi connectivity index (χ3n) is 4.21. The molecule has 0 aliphatic heterocycles. The van der Waals surface area contributed by atoms with E-state index in [9.17, 15) is 4.79 Å². The number of carbonyl (C=O) groups excluding carboxylic acids is 1. The molecule has 1 N–H and O–H groups in total. The molecule has 142 valence electrons. The molecule has 0 aliphatic carbocycles. The van der Waals surface area contributed by atoms with Crippen LogP contribution in [0.25, 0.3) is 0 Å². The average Bonchev–Trinajstić information content (AvgIpc) is 3.31. The van der Waals surface area contributed by atoms with E-state index >= 15 is 0 Å². The Hall–Kier alpha value is -2.73. The van der Waals surface area contributed by atoms with Gasteiger partial charge in [0.25, 0.3) is 5.91 Å². The van der Waals surface area contributed by atoms with Crippen LogP contribution in [0, 0.1) is 0 Å². The third-order valence-corrected chi connectivity index (χ3v) is 4.53. The fourth-order valence-electron chi connectivity index (χ4n) is 2.64.